The fourth-order valence-corrected chi connectivity index (χ4v) is 2.51. The van der Waals surface area contributed by atoms with Gasteiger partial charge in [0, 0.05) is 0 Å². The van der Waals surface area contributed by atoms with Crippen LogP contribution in [0, 0.1) is 12.8 Å². The summed E-state index contributed by atoms with van der Waals surface area (Å²) in [6.45, 7) is 7.86. The van der Waals surface area contributed by atoms with Gasteiger partial charge in [0.15, 0.2) is 0 Å². The molecule has 114 valence electrons. The van der Waals surface area contributed by atoms with Crippen LogP contribution in [-0.4, -0.2) is 24.5 Å². The smallest absolute Gasteiger partial charge is 0.337 e. The lowest BCUT2D eigenvalue weighted by Crippen LogP contribution is -2.48. The molecule has 5 heteroatoms. The minimum absolute atomic E-state index is 0.000977. The highest BCUT2D eigenvalue weighted by Crippen LogP contribution is 2.29. The number of hydrogen-bond donors (Lipinski definition) is 2. The standard InChI is InChI=1S/C16H22N2O3/c1-9(2)16(4)15(20)17-13(18-16)12-7-6-11(8-10(12)3)14(19)21-5/h6-9,13,18H,1-5H3,(H,17,20). The van der Waals surface area contributed by atoms with E-state index in [0.717, 1.165) is 11.1 Å². The van der Waals surface area contributed by atoms with Crippen molar-refractivity contribution in [1.29, 1.82) is 0 Å². The van der Waals surface area contributed by atoms with E-state index in [-0.39, 0.29) is 24.0 Å². The monoisotopic (exact) mass is 290 g/mol. The van der Waals surface area contributed by atoms with Gasteiger partial charge in [-0.15, -0.1) is 0 Å². The maximum atomic E-state index is 12.2. The molecule has 1 aliphatic rings. The van der Waals surface area contributed by atoms with Crippen LogP contribution < -0.4 is 10.6 Å². The maximum Gasteiger partial charge on any atom is 0.337 e. The van der Waals surface area contributed by atoms with Crippen LogP contribution in [0.1, 0.15) is 48.4 Å². The Morgan fingerprint density at radius 2 is 2.05 bits per heavy atom. The number of ether oxygens (including phenoxy) is 1. The van der Waals surface area contributed by atoms with Gasteiger partial charge in [0.25, 0.3) is 0 Å². The number of methoxy groups -OCH3 is 1. The van der Waals surface area contributed by atoms with Gasteiger partial charge in [-0.3, -0.25) is 10.1 Å². The van der Waals surface area contributed by atoms with Crippen LogP contribution in [0.4, 0.5) is 0 Å². The molecule has 1 aromatic carbocycles. The summed E-state index contributed by atoms with van der Waals surface area (Å²) in [7, 11) is 1.36. The van der Waals surface area contributed by atoms with Crippen molar-refractivity contribution in [2.45, 2.75) is 39.4 Å². The zero-order valence-corrected chi connectivity index (χ0v) is 13.1. The summed E-state index contributed by atoms with van der Waals surface area (Å²) < 4.78 is 4.71. The summed E-state index contributed by atoms with van der Waals surface area (Å²) >= 11 is 0. The molecule has 1 fully saturated rings. The van der Waals surface area contributed by atoms with E-state index in [1.54, 1.807) is 12.1 Å². The quantitative estimate of drug-likeness (QED) is 0.835. The molecule has 0 aromatic heterocycles. The summed E-state index contributed by atoms with van der Waals surface area (Å²) in [4.78, 5) is 23.7. The average Bonchev–Trinajstić information content (AvgIpc) is 2.74. The van der Waals surface area contributed by atoms with Crippen LogP contribution in [0.25, 0.3) is 0 Å². The number of aryl methyl sites for hydroxylation is 1. The highest BCUT2D eigenvalue weighted by atomic mass is 16.5. The van der Waals surface area contributed by atoms with Crippen LogP contribution in [0.15, 0.2) is 18.2 Å². The number of carbonyl (C=O) groups is 2. The highest BCUT2D eigenvalue weighted by molar-refractivity contribution is 5.90. The molecule has 2 rings (SSSR count). The van der Waals surface area contributed by atoms with Crippen molar-refractivity contribution >= 4 is 11.9 Å². The van der Waals surface area contributed by atoms with E-state index in [1.165, 1.54) is 7.11 Å². The van der Waals surface area contributed by atoms with E-state index in [1.807, 2.05) is 33.8 Å². The first-order valence-corrected chi connectivity index (χ1v) is 7.07. The van der Waals surface area contributed by atoms with Gasteiger partial charge in [-0.05, 0) is 43.0 Å². The largest absolute Gasteiger partial charge is 0.465 e. The van der Waals surface area contributed by atoms with Gasteiger partial charge in [-0.1, -0.05) is 19.9 Å². The Labute approximate surface area is 125 Å². The van der Waals surface area contributed by atoms with Crippen LogP contribution >= 0.6 is 0 Å². The Bertz CT molecular complexity index is 583. The third-order valence-electron chi connectivity index (χ3n) is 4.35. The van der Waals surface area contributed by atoms with Crippen LogP contribution in [0.2, 0.25) is 0 Å². The van der Waals surface area contributed by atoms with E-state index in [2.05, 4.69) is 10.6 Å². The van der Waals surface area contributed by atoms with Crippen molar-refractivity contribution in [2.75, 3.05) is 7.11 Å². The zero-order chi connectivity index (χ0) is 15.8. The first kappa shape index (κ1) is 15.5. The molecule has 1 aliphatic heterocycles. The molecule has 0 saturated carbocycles. The molecular weight excluding hydrogens is 268 g/mol. The van der Waals surface area contributed by atoms with Crippen LogP contribution in [0.5, 0.6) is 0 Å². The van der Waals surface area contributed by atoms with Crippen molar-refractivity contribution < 1.29 is 14.3 Å². The number of esters is 1. The van der Waals surface area contributed by atoms with Crippen molar-refractivity contribution in [2.24, 2.45) is 5.92 Å². The van der Waals surface area contributed by atoms with Gasteiger partial charge < -0.3 is 10.1 Å². The molecule has 1 saturated heterocycles. The van der Waals surface area contributed by atoms with Crippen molar-refractivity contribution in [1.82, 2.24) is 10.6 Å². The van der Waals surface area contributed by atoms with Crippen molar-refractivity contribution in [3.05, 3.63) is 34.9 Å². The summed E-state index contributed by atoms with van der Waals surface area (Å²) in [5.74, 6) is -0.184. The Hall–Kier alpha value is -1.88. The number of rotatable bonds is 3. The predicted octanol–water partition coefficient (Wildman–Crippen LogP) is 1.91. The molecular formula is C16H22N2O3. The van der Waals surface area contributed by atoms with Gasteiger partial charge in [-0.2, -0.15) is 0 Å². The molecule has 1 heterocycles. The molecule has 5 nitrogen and oxygen atoms in total. The SMILES string of the molecule is COC(=O)c1ccc(C2NC(=O)C(C)(C(C)C)N2)c(C)c1. The molecule has 0 radical (unpaired) electrons. The van der Waals surface area contributed by atoms with Gasteiger partial charge in [-0.25, -0.2) is 4.79 Å². The zero-order valence-electron chi connectivity index (χ0n) is 13.1. The fraction of sp³-hybridized carbons (Fsp3) is 0.500. The van der Waals surface area contributed by atoms with Gasteiger partial charge in [0.05, 0.1) is 18.2 Å². The third-order valence-corrected chi connectivity index (χ3v) is 4.35. The Morgan fingerprint density at radius 3 is 2.52 bits per heavy atom. The van der Waals surface area contributed by atoms with E-state index in [9.17, 15) is 9.59 Å². The Morgan fingerprint density at radius 1 is 1.38 bits per heavy atom. The lowest BCUT2D eigenvalue weighted by molar-refractivity contribution is -0.125. The first-order chi connectivity index (χ1) is 9.79. The molecule has 2 unspecified atom stereocenters. The number of amides is 1. The first-order valence-electron chi connectivity index (χ1n) is 7.07. The molecule has 1 aromatic rings. The maximum absolute atomic E-state index is 12.2. The second-order valence-electron chi connectivity index (χ2n) is 5.97. The van der Waals surface area contributed by atoms with E-state index in [4.69, 9.17) is 4.74 Å². The number of hydrogen-bond acceptors (Lipinski definition) is 4. The second-order valence-corrected chi connectivity index (χ2v) is 5.97. The molecule has 0 spiro atoms. The molecule has 1 amide bonds. The lowest BCUT2D eigenvalue weighted by atomic mass is 9.89. The summed E-state index contributed by atoms with van der Waals surface area (Å²) in [5, 5.41) is 6.34. The van der Waals surface area contributed by atoms with E-state index < -0.39 is 5.54 Å². The lowest BCUT2D eigenvalue weighted by Gasteiger charge is -2.26. The normalized spacial score (nSPS) is 25.0. The molecule has 2 atom stereocenters. The predicted molar refractivity (Wildman–Crippen MR) is 79.8 cm³/mol. The summed E-state index contributed by atoms with van der Waals surface area (Å²) in [6.07, 6.45) is -0.239. The van der Waals surface area contributed by atoms with Gasteiger partial charge in [0.2, 0.25) is 5.91 Å². The van der Waals surface area contributed by atoms with Crippen molar-refractivity contribution in [3.8, 4) is 0 Å². The molecule has 2 N–H and O–H groups in total. The van der Waals surface area contributed by atoms with Crippen LogP contribution in [-0.2, 0) is 9.53 Å². The molecule has 21 heavy (non-hydrogen) atoms. The number of nitrogens with one attached hydrogen (secondary N) is 2. The Kier molecular flexibility index (Phi) is 4.05. The number of carbonyl (C=O) groups excluding carboxylic acids is 2. The third kappa shape index (κ3) is 2.65. The van der Waals surface area contributed by atoms with Gasteiger partial charge >= 0.3 is 5.97 Å². The topological polar surface area (TPSA) is 67.4 Å². The highest BCUT2D eigenvalue weighted by Gasteiger charge is 2.45. The minimum Gasteiger partial charge on any atom is -0.465 e. The number of benzene rings is 1. The Balaban J connectivity index is 2.29. The van der Waals surface area contributed by atoms with Crippen molar-refractivity contribution in [3.63, 3.8) is 0 Å². The van der Waals surface area contributed by atoms with E-state index >= 15 is 0 Å². The fourth-order valence-electron chi connectivity index (χ4n) is 2.51. The second kappa shape index (κ2) is 5.48. The van der Waals surface area contributed by atoms with Crippen LogP contribution in [0.3, 0.4) is 0 Å². The molecule has 0 bridgehead atoms. The van der Waals surface area contributed by atoms with E-state index in [0.29, 0.717) is 5.56 Å². The average molecular weight is 290 g/mol. The summed E-state index contributed by atoms with van der Waals surface area (Å²) in [6, 6.07) is 5.35. The molecule has 0 aliphatic carbocycles. The van der Waals surface area contributed by atoms with Gasteiger partial charge in [0.1, 0.15) is 6.17 Å². The summed E-state index contributed by atoms with van der Waals surface area (Å²) in [5.41, 5.74) is 1.82. The minimum atomic E-state index is -0.585.